The van der Waals surface area contributed by atoms with Gasteiger partial charge in [-0.25, -0.2) is 8.78 Å². The monoisotopic (exact) mass is 203 g/mol. The van der Waals surface area contributed by atoms with Gasteiger partial charge in [-0.2, -0.15) is 0 Å². The van der Waals surface area contributed by atoms with Crippen molar-refractivity contribution in [3.63, 3.8) is 0 Å². The molecule has 0 fully saturated rings. The summed E-state index contributed by atoms with van der Waals surface area (Å²) in [6, 6.07) is 5.98. The van der Waals surface area contributed by atoms with Gasteiger partial charge < -0.3 is 5.73 Å². The first kappa shape index (κ1) is 9.47. The maximum atomic E-state index is 13.3. The molecule has 0 aromatic heterocycles. The van der Waals surface area contributed by atoms with Crippen LogP contribution in [-0.4, -0.2) is 0 Å². The molecule has 0 saturated heterocycles. The number of anilines is 1. The van der Waals surface area contributed by atoms with Crippen LogP contribution >= 0.6 is 0 Å². The smallest absolute Gasteiger partial charge is 0.175 e. The van der Waals surface area contributed by atoms with E-state index in [1.165, 1.54) is 0 Å². The first-order valence-corrected chi connectivity index (χ1v) is 4.28. The standard InChI is InChI=1S/C12H7F2N/c1-2-8-11-7(4-3-5-10(11)15)6-9(13)12(8)14/h1,3-6H,15H2. The lowest BCUT2D eigenvalue weighted by molar-refractivity contribution is 0.509. The third-order valence-electron chi connectivity index (χ3n) is 2.23. The molecular weight excluding hydrogens is 196 g/mol. The molecule has 3 heteroatoms. The Bertz CT molecular complexity index is 582. The van der Waals surface area contributed by atoms with Gasteiger partial charge >= 0.3 is 0 Å². The van der Waals surface area contributed by atoms with Crippen molar-refractivity contribution in [3.05, 3.63) is 41.5 Å². The van der Waals surface area contributed by atoms with Crippen LogP contribution in [0.15, 0.2) is 24.3 Å². The molecule has 0 unspecified atom stereocenters. The van der Waals surface area contributed by atoms with Gasteiger partial charge in [-0.1, -0.05) is 18.1 Å². The van der Waals surface area contributed by atoms with Gasteiger partial charge in [0.15, 0.2) is 11.6 Å². The third-order valence-corrected chi connectivity index (χ3v) is 2.23. The van der Waals surface area contributed by atoms with Gasteiger partial charge in [-0.15, -0.1) is 6.42 Å². The fraction of sp³-hybridized carbons (Fsp3) is 0. The topological polar surface area (TPSA) is 26.0 Å². The summed E-state index contributed by atoms with van der Waals surface area (Å²) in [5.41, 5.74) is 5.89. The minimum atomic E-state index is -1.03. The number of rotatable bonds is 0. The second kappa shape index (κ2) is 3.25. The molecule has 0 saturated carbocycles. The molecule has 0 heterocycles. The second-order valence-corrected chi connectivity index (χ2v) is 3.14. The Morgan fingerprint density at radius 2 is 2.00 bits per heavy atom. The fourth-order valence-corrected chi connectivity index (χ4v) is 1.56. The summed E-state index contributed by atoms with van der Waals surface area (Å²) in [6.45, 7) is 0. The van der Waals surface area contributed by atoms with Crippen LogP contribution in [0.4, 0.5) is 14.5 Å². The van der Waals surface area contributed by atoms with E-state index in [-0.39, 0.29) is 5.56 Å². The van der Waals surface area contributed by atoms with Crippen LogP contribution in [0, 0.1) is 24.0 Å². The molecular formula is C12H7F2N. The van der Waals surface area contributed by atoms with E-state index in [4.69, 9.17) is 12.2 Å². The van der Waals surface area contributed by atoms with Crippen molar-refractivity contribution >= 4 is 16.5 Å². The number of halogens is 2. The first-order chi connectivity index (χ1) is 7.15. The Hall–Kier alpha value is -2.08. The Balaban J connectivity index is 3.04. The van der Waals surface area contributed by atoms with Crippen molar-refractivity contribution in [2.24, 2.45) is 0 Å². The van der Waals surface area contributed by atoms with Crippen LogP contribution in [-0.2, 0) is 0 Å². The number of nitrogen functional groups attached to an aromatic ring is 1. The quantitative estimate of drug-likeness (QED) is 0.517. The Morgan fingerprint density at radius 3 is 2.67 bits per heavy atom. The Kier molecular flexibility index (Phi) is 2.05. The van der Waals surface area contributed by atoms with E-state index in [0.29, 0.717) is 16.5 Å². The highest BCUT2D eigenvalue weighted by Crippen LogP contribution is 2.28. The van der Waals surface area contributed by atoms with Crippen molar-refractivity contribution < 1.29 is 8.78 Å². The second-order valence-electron chi connectivity index (χ2n) is 3.14. The Labute approximate surface area is 85.5 Å². The summed E-state index contributed by atoms with van der Waals surface area (Å²) in [4.78, 5) is 0. The highest BCUT2D eigenvalue weighted by molar-refractivity contribution is 5.97. The largest absolute Gasteiger partial charge is 0.398 e. The van der Waals surface area contributed by atoms with Crippen LogP contribution < -0.4 is 5.73 Å². The predicted molar refractivity (Wildman–Crippen MR) is 56.2 cm³/mol. The summed E-state index contributed by atoms with van der Waals surface area (Å²) in [7, 11) is 0. The predicted octanol–water partition coefficient (Wildman–Crippen LogP) is 2.68. The van der Waals surface area contributed by atoms with Crippen molar-refractivity contribution in [2.75, 3.05) is 5.73 Å². The van der Waals surface area contributed by atoms with Crippen LogP contribution in [0.1, 0.15) is 5.56 Å². The molecule has 0 radical (unpaired) electrons. The number of hydrogen-bond donors (Lipinski definition) is 1. The molecule has 2 rings (SSSR count). The molecule has 1 nitrogen and oxygen atoms in total. The van der Waals surface area contributed by atoms with Gasteiger partial charge in [-0.3, -0.25) is 0 Å². The van der Waals surface area contributed by atoms with E-state index in [9.17, 15) is 8.78 Å². The fourth-order valence-electron chi connectivity index (χ4n) is 1.56. The first-order valence-electron chi connectivity index (χ1n) is 4.28. The number of benzene rings is 2. The lowest BCUT2D eigenvalue weighted by Gasteiger charge is -2.06. The van der Waals surface area contributed by atoms with E-state index >= 15 is 0 Å². The van der Waals surface area contributed by atoms with Gasteiger partial charge in [-0.05, 0) is 17.5 Å². The molecule has 0 atom stereocenters. The van der Waals surface area contributed by atoms with Gasteiger partial charge in [0.05, 0.1) is 5.56 Å². The minimum absolute atomic E-state index is 0.122. The van der Waals surface area contributed by atoms with Gasteiger partial charge in [0.1, 0.15) is 0 Å². The van der Waals surface area contributed by atoms with Crippen LogP contribution in [0.3, 0.4) is 0 Å². The van der Waals surface area contributed by atoms with E-state index < -0.39 is 11.6 Å². The zero-order valence-corrected chi connectivity index (χ0v) is 7.72. The Morgan fingerprint density at radius 1 is 1.27 bits per heavy atom. The average Bonchev–Trinajstić information content (AvgIpc) is 2.21. The number of nitrogens with two attached hydrogens (primary N) is 1. The van der Waals surface area contributed by atoms with Crippen molar-refractivity contribution in [2.45, 2.75) is 0 Å². The van der Waals surface area contributed by atoms with Gasteiger partial charge in [0.2, 0.25) is 0 Å². The molecule has 74 valence electrons. The lowest BCUT2D eigenvalue weighted by atomic mass is 10.0. The van der Waals surface area contributed by atoms with E-state index in [0.717, 1.165) is 6.07 Å². The molecule has 0 aliphatic carbocycles. The third kappa shape index (κ3) is 1.31. The molecule has 0 bridgehead atoms. The van der Waals surface area contributed by atoms with Crippen molar-refractivity contribution in [1.82, 2.24) is 0 Å². The van der Waals surface area contributed by atoms with E-state index in [2.05, 4.69) is 5.92 Å². The van der Waals surface area contributed by atoms with Gasteiger partial charge in [0, 0.05) is 11.1 Å². The maximum absolute atomic E-state index is 13.3. The molecule has 2 N–H and O–H groups in total. The molecule has 0 aliphatic rings. The SMILES string of the molecule is C#Cc1c(F)c(F)cc2cccc(N)c12. The van der Waals surface area contributed by atoms with Gasteiger partial charge in [0.25, 0.3) is 0 Å². The number of terminal acetylenes is 1. The van der Waals surface area contributed by atoms with Crippen molar-refractivity contribution in [1.29, 1.82) is 0 Å². The van der Waals surface area contributed by atoms with Crippen LogP contribution in [0.25, 0.3) is 10.8 Å². The number of hydrogen-bond acceptors (Lipinski definition) is 1. The van der Waals surface area contributed by atoms with Crippen molar-refractivity contribution in [3.8, 4) is 12.3 Å². The summed E-state index contributed by atoms with van der Waals surface area (Å²) in [5.74, 6) is 0.142. The molecule has 0 amide bonds. The average molecular weight is 203 g/mol. The van der Waals surface area contributed by atoms with Crippen LogP contribution in [0.5, 0.6) is 0 Å². The molecule has 0 aliphatic heterocycles. The molecule has 2 aromatic carbocycles. The highest BCUT2D eigenvalue weighted by Gasteiger charge is 2.13. The zero-order valence-electron chi connectivity index (χ0n) is 7.72. The molecule has 0 spiro atoms. The van der Waals surface area contributed by atoms with E-state index in [1.54, 1.807) is 18.2 Å². The summed E-state index contributed by atoms with van der Waals surface area (Å²) in [5, 5.41) is 0.890. The summed E-state index contributed by atoms with van der Waals surface area (Å²) < 4.78 is 26.5. The maximum Gasteiger partial charge on any atom is 0.175 e. The summed E-state index contributed by atoms with van der Waals surface area (Å²) >= 11 is 0. The highest BCUT2D eigenvalue weighted by atomic mass is 19.2. The normalized spacial score (nSPS) is 10.2. The number of fused-ring (bicyclic) bond motifs is 1. The van der Waals surface area contributed by atoms with E-state index in [1.807, 2.05) is 0 Å². The zero-order chi connectivity index (χ0) is 11.0. The van der Waals surface area contributed by atoms with Crippen LogP contribution in [0.2, 0.25) is 0 Å². The lowest BCUT2D eigenvalue weighted by Crippen LogP contribution is -1.95. The molecule has 15 heavy (non-hydrogen) atoms. The molecule has 2 aromatic rings. The summed E-state index contributed by atoms with van der Waals surface area (Å²) in [6.07, 6.45) is 5.14. The minimum Gasteiger partial charge on any atom is -0.398 e.